The van der Waals surface area contributed by atoms with E-state index in [2.05, 4.69) is 13.5 Å². The minimum absolute atomic E-state index is 0.101. The molecule has 3 aliphatic rings. The Morgan fingerprint density at radius 3 is 2.89 bits per heavy atom. The molecule has 0 spiro atoms. The first-order valence-electron chi connectivity index (χ1n) is 6.75. The number of ether oxygens (including phenoxy) is 1. The van der Waals surface area contributed by atoms with E-state index in [1.807, 2.05) is 0 Å². The van der Waals surface area contributed by atoms with Crippen LogP contribution in [0.4, 0.5) is 0 Å². The Labute approximate surface area is 108 Å². The van der Waals surface area contributed by atoms with Crippen LogP contribution in [-0.4, -0.2) is 22.8 Å². The van der Waals surface area contributed by atoms with Crippen LogP contribution in [-0.2, 0) is 9.53 Å². The first-order valence-corrected chi connectivity index (χ1v) is 6.75. The molecule has 0 saturated heterocycles. The summed E-state index contributed by atoms with van der Waals surface area (Å²) < 4.78 is 5.36. The molecule has 98 valence electrons. The second-order valence-electron chi connectivity index (χ2n) is 6.16. The van der Waals surface area contributed by atoms with Crippen molar-refractivity contribution in [2.45, 2.75) is 51.2 Å². The molecule has 0 aromatic rings. The summed E-state index contributed by atoms with van der Waals surface area (Å²) in [6, 6.07) is 0. The lowest BCUT2D eigenvalue weighted by atomic mass is 9.59. The van der Waals surface area contributed by atoms with Gasteiger partial charge in [-0.1, -0.05) is 19.1 Å². The number of esters is 1. The third kappa shape index (κ3) is 1.43. The van der Waals surface area contributed by atoms with Gasteiger partial charge in [0.1, 0.15) is 6.10 Å². The fourth-order valence-electron chi connectivity index (χ4n) is 4.06. The van der Waals surface area contributed by atoms with Gasteiger partial charge in [-0.25, -0.2) is 4.79 Å². The Morgan fingerprint density at radius 2 is 2.17 bits per heavy atom. The van der Waals surface area contributed by atoms with E-state index >= 15 is 0 Å². The molecule has 0 radical (unpaired) electrons. The minimum Gasteiger partial charge on any atom is -0.454 e. The number of hydrogen-bond acceptors (Lipinski definition) is 3. The summed E-state index contributed by atoms with van der Waals surface area (Å²) in [6.45, 7) is 8.04. The summed E-state index contributed by atoms with van der Waals surface area (Å²) in [4.78, 5) is 11.7. The summed E-state index contributed by atoms with van der Waals surface area (Å²) in [5.74, 6) is 0.313. The van der Waals surface area contributed by atoms with Gasteiger partial charge >= 0.3 is 5.97 Å². The molecule has 0 aromatic heterocycles. The molecule has 18 heavy (non-hydrogen) atoms. The highest BCUT2D eigenvalue weighted by atomic mass is 16.5. The van der Waals surface area contributed by atoms with Crippen LogP contribution in [0.15, 0.2) is 23.3 Å². The largest absolute Gasteiger partial charge is 0.454 e. The van der Waals surface area contributed by atoms with Crippen molar-refractivity contribution >= 4 is 5.97 Å². The number of hydrogen-bond donors (Lipinski definition) is 1. The molecule has 3 heteroatoms. The second kappa shape index (κ2) is 3.70. The Morgan fingerprint density at radius 1 is 1.44 bits per heavy atom. The van der Waals surface area contributed by atoms with Gasteiger partial charge in [-0.15, -0.1) is 0 Å². The molecule has 0 bridgehead atoms. The fourth-order valence-corrected chi connectivity index (χ4v) is 4.06. The molecule has 0 amide bonds. The average Bonchev–Trinajstić information content (AvgIpc) is 2.54. The van der Waals surface area contributed by atoms with E-state index in [4.69, 9.17) is 4.74 Å². The molecular formula is C15H20O3. The maximum absolute atomic E-state index is 11.7. The molecule has 4 atom stereocenters. The number of carbonyl (C=O) groups excluding carboxylic acids is 1. The van der Waals surface area contributed by atoms with Crippen LogP contribution in [0.3, 0.4) is 0 Å². The molecule has 1 N–H and O–H groups in total. The van der Waals surface area contributed by atoms with Gasteiger partial charge in [-0.2, -0.15) is 0 Å². The molecule has 2 aliphatic carbocycles. The standard InChI is InChI=1S/C15H20O3/c1-8-4-5-11-9(2)6-12-13(15(11,17)7-8)10(3)14(16)18-12/h8,11-12,17H,2,4-7H2,1,3H3. The monoisotopic (exact) mass is 248 g/mol. The van der Waals surface area contributed by atoms with E-state index in [1.54, 1.807) is 6.92 Å². The normalized spacial score (nSPS) is 43.6. The number of fused-ring (bicyclic) bond motifs is 3. The summed E-state index contributed by atoms with van der Waals surface area (Å²) in [6.07, 6.45) is 3.22. The van der Waals surface area contributed by atoms with E-state index in [0.717, 1.165) is 30.4 Å². The zero-order valence-corrected chi connectivity index (χ0v) is 11.0. The van der Waals surface area contributed by atoms with Crippen LogP contribution >= 0.6 is 0 Å². The molecule has 0 aromatic carbocycles. The van der Waals surface area contributed by atoms with Crippen LogP contribution in [0, 0.1) is 11.8 Å². The molecule has 1 heterocycles. The molecular weight excluding hydrogens is 228 g/mol. The lowest BCUT2D eigenvalue weighted by Crippen LogP contribution is -2.51. The van der Waals surface area contributed by atoms with Crippen LogP contribution in [0.1, 0.15) is 39.5 Å². The number of rotatable bonds is 0. The van der Waals surface area contributed by atoms with Gasteiger partial charge in [-0.3, -0.25) is 0 Å². The van der Waals surface area contributed by atoms with Gasteiger partial charge in [0.05, 0.1) is 5.60 Å². The minimum atomic E-state index is -0.895. The van der Waals surface area contributed by atoms with Crippen molar-refractivity contribution in [1.29, 1.82) is 0 Å². The highest BCUT2D eigenvalue weighted by Crippen LogP contribution is 2.53. The van der Waals surface area contributed by atoms with E-state index in [-0.39, 0.29) is 18.0 Å². The van der Waals surface area contributed by atoms with Gasteiger partial charge in [0, 0.05) is 23.5 Å². The Bertz CT molecular complexity index is 462. The van der Waals surface area contributed by atoms with Crippen LogP contribution < -0.4 is 0 Å². The maximum atomic E-state index is 11.7. The lowest BCUT2D eigenvalue weighted by molar-refractivity contribution is -0.141. The zero-order valence-electron chi connectivity index (χ0n) is 11.0. The Kier molecular flexibility index (Phi) is 2.46. The molecule has 1 aliphatic heterocycles. The third-order valence-electron chi connectivity index (χ3n) is 4.87. The predicted molar refractivity (Wildman–Crippen MR) is 67.8 cm³/mol. The van der Waals surface area contributed by atoms with Crippen molar-refractivity contribution in [3.8, 4) is 0 Å². The van der Waals surface area contributed by atoms with Gasteiger partial charge < -0.3 is 9.84 Å². The number of aliphatic hydroxyl groups is 1. The molecule has 3 nitrogen and oxygen atoms in total. The highest BCUT2D eigenvalue weighted by Gasteiger charge is 2.55. The van der Waals surface area contributed by atoms with E-state index in [9.17, 15) is 9.90 Å². The van der Waals surface area contributed by atoms with Crippen molar-refractivity contribution < 1.29 is 14.6 Å². The Balaban J connectivity index is 2.10. The quantitative estimate of drug-likeness (QED) is 0.529. The highest BCUT2D eigenvalue weighted by molar-refractivity contribution is 5.92. The summed E-state index contributed by atoms with van der Waals surface area (Å²) >= 11 is 0. The lowest BCUT2D eigenvalue weighted by Gasteiger charge is -2.49. The van der Waals surface area contributed by atoms with Crippen molar-refractivity contribution in [2.75, 3.05) is 0 Å². The van der Waals surface area contributed by atoms with E-state index in [1.165, 1.54) is 0 Å². The van der Waals surface area contributed by atoms with Crippen LogP contribution in [0.25, 0.3) is 0 Å². The first-order chi connectivity index (χ1) is 8.43. The Hall–Kier alpha value is -1.09. The summed E-state index contributed by atoms with van der Waals surface area (Å²) in [5, 5.41) is 11.1. The van der Waals surface area contributed by atoms with Crippen molar-refractivity contribution in [3.63, 3.8) is 0 Å². The zero-order chi connectivity index (χ0) is 13.1. The van der Waals surface area contributed by atoms with Crippen LogP contribution in [0.5, 0.6) is 0 Å². The fraction of sp³-hybridized carbons (Fsp3) is 0.667. The molecule has 3 rings (SSSR count). The predicted octanol–water partition coefficient (Wildman–Crippen LogP) is 2.36. The van der Waals surface area contributed by atoms with Gasteiger partial charge in [0.25, 0.3) is 0 Å². The molecule has 4 unspecified atom stereocenters. The average molecular weight is 248 g/mol. The second-order valence-corrected chi connectivity index (χ2v) is 6.16. The van der Waals surface area contributed by atoms with Gasteiger partial charge in [-0.05, 0) is 32.1 Å². The number of carbonyl (C=O) groups is 1. The van der Waals surface area contributed by atoms with Crippen molar-refractivity contribution in [3.05, 3.63) is 23.3 Å². The first kappa shape index (κ1) is 12.0. The van der Waals surface area contributed by atoms with Crippen LogP contribution in [0.2, 0.25) is 0 Å². The smallest absolute Gasteiger partial charge is 0.334 e. The van der Waals surface area contributed by atoms with E-state index < -0.39 is 5.60 Å². The topological polar surface area (TPSA) is 46.5 Å². The van der Waals surface area contributed by atoms with Crippen molar-refractivity contribution in [2.24, 2.45) is 11.8 Å². The summed E-state index contributed by atoms with van der Waals surface area (Å²) in [7, 11) is 0. The maximum Gasteiger partial charge on any atom is 0.334 e. The van der Waals surface area contributed by atoms with E-state index in [0.29, 0.717) is 17.9 Å². The molecule has 2 saturated carbocycles. The molecule has 2 fully saturated rings. The summed E-state index contributed by atoms with van der Waals surface area (Å²) in [5.41, 5.74) is 1.61. The van der Waals surface area contributed by atoms with Gasteiger partial charge in [0.2, 0.25) is 0 Å². The SMILES string of the molecule is C=C1CC2OC(=O)C(C)=C2C2(O)CC(C)CCC12. The third-order valence-corrected chi connectivity index (χ3v) is 4.87. The van der Waals surface area contributed by atoms with Gasteiger partial charge in [0.15, 0.2) is 0 Å². The van der Waals surface area contributed by atoms with Crippen molar-refractivity contribution in [1.82, 2.24) is 0 Å².